The Kier molecular flexibility index (Phi) is 10.3. The predicted molar refractivity (Wildman–Crippen MR) is 191 cm³/mol. The van der Waals surface area contributed by atoms with Crippen LogP contribution in [0.25, 0.3) is 0 Å². The molecule has 0 spiro atoms. The first-order chi connectivity index (χ1) is 23.7. The molecule has 1 unspecified atom stereocenters. The Morgan fingerprint density at radius 2 is 1.48 bits per heavy atom. The molecule has 1 atom stereocenters. The third-order valence-electron chi connectivity index (χ3n) is 10.7. The SMILES string of the molecule is COc1ccc(CN2C(=O)CCC(N3C(=O)C(C)(C)c4cc(CN5CCN(CC6CCN(C(=O)OC(C)(C)C)CC6)CC5)ccc43)C2=O)cc1. The average molecular weight is 688 g/mol. The van der Waals surface area contributed by atoms with E-state index in [1.165, 1.54) is 4.90 Å². The first-order valence-corrected chi connectivity index (χ1v) is 18.1. The van der Waals surface area contributed by atoms with Gasteiger partial charge in [0.1, 0.15) is 17.4 Å². The number of carbonyl (C=O) groups excluding carboxylic acids is 4. The smallest absolute Gasteiger partial charge is 0.410 e. The number of rotatable bonds is 8. The summed E-state index contributed by atoms with van der Waals surface area (Å²) in [5.74, 6) is 0.643. The van der Waals surface area contributed by atoms with Gasteiger partial charge in [-0.05, 0) is 94.7 Å². The van der Waals surface area contributed by atoms with Gasteiger partial charge in [0.2, 0.25) is 11.8 Å². The maximum Gasteiger partial charge on any atom is 0.410 e. The molecule has 6 rings (SSSR count). The van der Waals surface area contributed by atoms with E-state index in [1.807, 2.05) is 69.9 Å². The average Bonchev–Trinajstić information content (AvgIpc) is 3.27. The lowest BCUT2D eigenvalue weighted by Gasteiger charge is -2.39. The van der Waals surface area contributed by atoms with Crippen molar-refractivity contribution < 1.29 is 28.7 Å². The molecule has 11 nitrogen and oxygen atoms in total. The van der Waals surface area contributed by atoms with Crippen LogP contribution in [0.3, 0.4) is 0 Å². The molecule has 0 N–H and O–H groups in total. The molecule has 3 saturated heterocycles. The second kappa shape index (κ2) is 14.3. The van der Waals surface area contributed by atoms with Crippen LogP contribution in [0.1, 0.15) is 77.0 Å². The molecule has 0 aromatic heterocycles. The number of ether oxygens (including phenoxy) is 2. The fraction of sp³-hybridized carbons (Fsp3) is 0.590. The maximum atomic E-state index is 14.0. The van der Waals surface area contributed by atoms with Gasteiger partial charge in [-0.3, -0.25) is 29.1 Å². The molecule has 0 bridgehead atoms. The number of imide groups is 1. The molecule has 11 heteroatoms. The monoisotopic (exact) mass is 687 g/mol. The van der Waals surface area contributed by atoms with Crippen LogP contribution in [0.2, 0.25) is 0 Å². The number of hydrogen-bond donors (Lipinski definition) is 0. The fourth-order valence-corrected chi connectivity index (χ4v) is 7.75. The number of nitrogens with zero attached hydrogens (tertiary/aromatic N) is 5. The van der Waals surface area contributed by atoms with Crippen molar-refractivity contribution in [1.29, 1.82) is 0 Å². The van der Waals surface area contributed by atoms with Crippen LogP contribution < -0.4 is 9.64 Å². The topological polar surface area (TPSA) is 103 Å². The van der Waals surface area contributed by atoms with Gasteiger partial charge in [-0.1, -0.05) is 24.3 Å². The summed E-state index contributed by atoms with van der Waals surface area (Å²) < 4.78 is 10.8. The van der Waals surface area contributed by atoms with Gasteiger partial charge in [0, 0.05) is 64.5 Å². The molecule has 50 heavy (non-hydrogen) atoms. The third-order valence-corrected chi connectivity index (χ3v) is 10.7. The number of hydrogen-bond acceptors (Lipinski definition) is 8. The maximum absolute atomic E-state index is 14.0. The number of fused-ring (bicyclic) bond motifs is 1. The van der Waals surface area contributed by atoms with Gasteiger partial charge in [-0.15, -0.1) is 0 Å². The van der Waals surface area contributed by atoms with E-state index in [0.717, 1.165) is 87.6 Å². The Hall–Kier alpha value is -3.96. The second-order valence-corrected chi connectivity index (χ2v) is 15.9. The van der Waals surface area contributed by atoms with Crippen LogP contribution in [0.15, 0.2) is 42.5 Å². The first-order valence-electron chi connectivity index (χ1n) is 18.1. The van der Waals surface area contributed by atoms with Crippen molar-refractivity contribution in [3.63, 3.8) is 0 Å². The Morgan fingerprint density at radius 3 is 2.12 bits per heavy atom. The van der Waals surface area contributed by atoms with E-state index in [-0.39, 0.29) is 36.8 Å². The first kappa shape index (κ1) is 35.9. The van der Waals surface area contributed by atoms with E-state index >= 15 is 0 Å². The van der Waals surface area contributed by atoms with Crippen molar-refractivity contribution in [3.8, 4) is 5.75 Å². The van der Waals surface area contributed by atoms with Crippen LogP contribution in [0.5, 0.6) is 5.75 Å². The van der Waals surface area contributed by atoms with Gasteiger partial charge in [-0.25, -0.2) is 4.79 Å². The quantitative estimate of drug-likeness (QED) is 0.365. The molecule has 0 saturated carbocycles. The van der Waals surface area contributed by atoms with Crippen LogP contribution >= 0.6 is 0 Å². The number of piperidine rings is 2. The molecule has 4 aliphatic heterocycles. The molecular weight excluding hydrogens is 634 g/mol. The molecule has 2 aromatic rings. The standard InChI is InChI=1S/C39H53N5O6/c1-38(2,3)50-37(48)42-17-15-28(16-18-42)24-40-19-21-41(22-20-40)25-29-9-12-32-31(23-29)39(4,5)36(47)44(32)33-13-14-34(45)43(35(33)46)26-27-7-10-30(49-6)11-8-27/h7-12,23,28,33H,13-22,24-26H2,1-6H3. The Labute approximate surface area is 296 Å². The van der Waals surface area contributed by atoms with E-state index in [4.69, 9.17) is 9.47 Å². The fourth-order valence-electron chi connectivity index (χ4n) is 7.75. The van der Waals surface area contributed by atoms with E-state index < -0.39 is 17.1 Å². The van der Waals surface area contributed by atoms with E-state index in [2.05, 4.69) is 21.9 Å². The van der Waals surface area contributed by atoms with Crippen molar-refractivity contribution in [2.75, 3.05) is 57.8 Å². The number of likely N-dealkylation sites (tertiary alicyclic amines) is 2. The van der Waals surface area contributed by atoms with E-state index in [9.17, 15) is 19.2 Å². The minimum absolute atomic E-state index is 0.104. The number of benzene rings is 2. The third kappa shape index (κ3) is 7.68. The van der Waals surface area contributed by atoms with Crippen molar-refractivity contribution in [3.05, 3.63) is 59.2 Å². The summed E-state index contributed by atoms with van der Waals surface area (Å²) >= 11 is 0. The summed E-state index contributed by atoms with van der Waals surface area (Å²) in [6, 6.07) is 12.8. The largest absolute Gasteiger partial charge is 0.497 e. The Balaban J connectivity index is 1.04. The molecule has 4 heterocycles. The van der Waals surface area contributed by atoms with Crippen molar-refractivity contribution in [2.45, 2.75) is 90.4 Å². The van der Waals surface area contributed by atoms with E-state index in [1.54, 1.807) is 12.0 Å². The van der Waals surface area contributed by atoms with Gasteiger partial charge < -0.3 is 19.3 Å². The summed E-state index contributed by atoms with van der Waals surface area (Å²) in [5, 5.41) is 0. The number of carbonyl (C=O) groups is 4. The highest BCUT2D eigenvalue weighted by atomic mass is 16.6. The lowest BCUT2D eigenvalue weighted by atomic mass is 9.85. The highest BCUT2D eigenvalue weighted by Crippen LogP contribution is 2.44. The summed E-state index contributed by atoms with van der Waals surface area (Å²) in [6.45, 7) is 17.1. The highest BCUT2D eigenvalue weighted by molar-refractivity contribution is 6.13. The lowest BCUT2D eigenvalue weighted by Crippen LogP contribution is -2.56. The van der Waals surface area contributed by atoms with Gasteiger partial charge in [0.15, 0.2) is 0 Å². The molecule has 270 valence electrons. The van der Waals surface area contributed by atoms with Crippen LogP contribution in [0.4, 0.5) is 10.5 Å². The lowest BCUT2D eigenvalue weighted by molar-refractivity contribution is -0.150. The van der Waals surface area contributed by atoms with Crippen molar-refractivity contribution in [1.82, 2.24) is 19.6 Å². The Bertz CT molecular complexity index is 1580. The number of methoxy groups -OCH3 is 1. The summed E-state index contributed by atoms with van der Waals surface area (Å²) in [5.41, 5.74) is 2.42. The zero-order valence-corrected chi connectivity index (χ0v) is 30.6. The van der Waals surface area contributed by atoms with Gasteiger partial charge in [0.05, 0.1) is 19.1 Å². The Morgan fingerprint density at radius 1 is 0.840 bits per heavy atom. The van der Waals surface area contributed by atoms with Crippen LogP contribution in [0, 0.1) is 5.92 Å². The van der Waals surface area contributed by atoms with E-state index in [0.29, 0.717) is 18.1 Å². The number of piperazine rings is 1. The number of amides is 4. The van der Waals surface area contributed by atoms with Crippen molar-refractivity contribution >= 4 is 29.5 Å². The summed E-state index contributed by atoms with van der Waals surface area (Å²) in [7, 11) is 1.59. The molecule has 4 amide bonds. The minimum atomic E-state index is -0.786. The zero-order chi connectivity index (χ0) is 35.8. The zero-order valence-electron chi connectivity index (χ0n) is 30.6. The normalized spacial score (nSPS) is 22.2. The highest BCUT2D eigenvalue weighted by Gasteiger charge is 2.50. The van der Waals surface area contributed by atoms with Crippen molar-refractivity contribution in [2.24, 2.45) is 5.92 Å². The van der Waals surface area contributed by atoms with Crippen LogP contribution in [-0.2, 0) is 37.6 Å². The van der Waals surface area contributed by atoms with Crippen LogP contribution in [-0.4, -0.2) is 108 Å². The predicted octanol–water partition coefficient (Wildman–Crippen LogP) is 4.80. The molecule has 0 aliphatic carbocycles. The van der Waals surface area contributed by atoms with Gasteiger partial charge in [-0.2, -0.15) is 0 Å². The summed E-state index contributed by atoms with van der Waals surface area (Å²) in [6.07, 6.45) is 2.32. The molecule has 0 radical (unpaired) electrons. The van der Waals surface area contributed by atoms with Gasteiger partial charge in [0.25, 0.3) is 5.91 Å². The molecule has 4 aliphatic rings. The molecule has 2 aromatic carbocycles. The second-order valence-electron chi connectivity index (χ2n) is 15.9. The molecular formula is C39H53N5O6. The van der Waals surface area contributed by atoms with Gasteiger partial charge >= 0.3 is 6.09 Å². The minimum Gasteiger partial charge on any atom is -0.497 e. The summed E-state index contributed by atoms with van der Waals surface area (Å²) in [4.78, 5) is 63.0. The molecule has 3 fully saturated rings. The number of anilines is 1.